The van der Waals surface area contributed by atoms with Gasteiger partial charge in [-0.25, -0.2) is 9.36 Å². The van der Waals surface area contributed by atoms with Gasteiger partial charge in [0.25, 0.3) is 5.56 Å². The summed E-state index contributed by atoms with van der Waals surface area (Å²) < 4.78 is 2.80. The lowest BCUT2D eigenvalue weighted by Gasteiger charge is -2.11. The molecule has 2 heterocycles. The number of nitrogens with one attached hydrogen (secondary N) is 1. The third-order valence-electron chi connectivity index (χ3n) is 5.42. The van der Waals surface area contributed by atoms with Crippen LogP contribution in [0.2, 0.25) is 0 Å². The van der Waals surface area contributed by atoms with Crippen LogP contribution in [0.1, 0.15) is 34.8 Å². The van der Waals surface area contributed by atoms with Crippen molar-refractivity contribution in [2.24, 2.45) is 5.73 Å². The first kappa shape index (κ1) is 19.7. The molecule has 1 aliphatic carbocycles. The number of fused-ring (bicyclic) bond motifs is 1. The van der Waals surface area contributed by atoms with Gasteiger partial charge in [0, 0.05) is 22.6 Å². The molecule has 2 aromatic heterocycles. The van der Waals surface area contributed by atoms with Gasteiger partial charge in [-0.3, -0.25) is 14.4 Å². The van der Waals surface area contributed by atoms with Crippen LogP contribution in [0.4, 0.5) is 5.69 Å². The number of carbonyl (C=O) groups excluding carboxylic acids is 2. The molecule has 0 spiro atoms. The van der Waals surface area contributed by atoms with Gasteiger partial charge in [-0.2, -0.15) is 10.2 Å². The van der Waals surface area contributed by atoms with Crippen LogP contribution in [0.25, 0.3) is 16.6 Å². The van der Waals surface area contributed by atoms with Crippen molar-refractivity contribution < 1.29 is 9.59 Å². The molecule has 2 aromatic carbocycles. The first-order valence-corrected chi connectivity index (χ1v) is 10.2. The number of aromatic nitrogens is 4. The van der Waals surface area contributed by atoms with Gasteiger partial charge in [-0.15, -0.1) is 0 Å². The van der Waals surface area contributed by atoms with Crippen molar-refractivity contribution in [3.63, 3.8) is 0 Å². The zero-order valence-electron chi connectivity index (χ0n) is 17.1. The summed E-state index contributed by atoms with van der Waals surface area (Å²) >= 11 is 0. The number of benzene rings is 2. The van der Waals surface area contributed by atoms with E-state index >= 15 is 0 Å². The fraction of sp³-hybridized carbons (Fsp3) is 0.174. The molecular weight excluding hydrogens is 408 g/mol. The normalized spacial score (nSPS) is 13.2. The number of rotatable bonds is 6. The van der Waals surface area contributed by atoms with Gasteiger partial charge in [0.15, 0.2) is 0 Å². The van der Waals surface area contributed by atoms with E-state index in [-0.39, 0.29) is 18.0 Å². The Bertz CT molecular complexity index is 1390. The van der Waals surface area contributed by atoms with Crippen LogP contribution in [0, 0.1) is 0 Å². The Kier molecular flexibility index (Phi) is 4.78. The van der Waals surface area contributed by atoms with E-state index in [1.807, 2.05) is 30.3 Å². The summed E-state index contributed by atoms with van der Waals surface area (Å²) in [5.41, 5.74) is 7.65. The molecule has 2 amide bonds. The van der Waals surface area contributed by atoms with Crippen LogP contribution in [0.5, 0.6) is 0 Å². The van der Waals surface area contributed by atoms with Crippen LogP contribution >= 0.6 is 0 Å². The van der Waals surface area contributed by atoms with Gasteiger partial charge >= 0.3 is 0 Å². The Morgan fingerprint density at radius 3 is 2.44 bits per heavy atom. The summed E-state index contributed by atoms with van der Waals surface area (Å²) in [5, 5.41) is 12.4. The fourth-order valence-electron chi connectivity index (χ4n) is 3.68. The van der Waals surface area contributed by atoms with E-state index in [0.717, 1.165) is 29.6 Å². The van der Waals surface area contributed by atoms with Crippen molar-refractivity contribution in [3.8, 4) is 5.69 Å². The Morgan fingerprint density at radius 1 is 1.06 bits per heavy atom. The quantitative estimate of drug-likeness (QED) is 0.487. The van der Waals surface area contributed by atoms with Crippen LogP contribution in [0.15, 0.2) is 65.6 Å². The van der Waals surface area contributed by atoms with E-state index in [0.29, 0.717) is 16.8 Å². The molecule has 160 valence electrons. The average Bonchev–Trinajstić information content (AvgIpc) is 3.54. The summed E-state index contributed by atoms with van der Waals surface area (Å²) in [6, 6.07) is 15.6. The van der Waals surface area contributed by atoms with Crippen molar-refractivity contribution >= 4 is 28.4 Å². The van der Waals surface area contributed by atoms with E-state index in [1.54, 1.807) is 23.0 Å². The van der Waals surface area contributed by atoms with E-state index in [1.165, 1.54) is 16.8 Å². The van der Waals surface area contributed by atoms with Crippen molar-refractivity contribution in [2.45, 2.75) is 25.3 Å². The molecule has 5 rings (SSSR count). The topological polar surface area (TPSA) is 125 Å². The van der Waals surface area contributed by atoms with Gasteiger partial charge in [0.2, 0.25) is 11.8 Å². The number of carbonyl (C=O) groups is 2. The summed E-state index contributed by atoms with van der Waals surface area (Å²) in [6.45, 7) is -0.244. The second kappa shape index (κ2) is 7.77. The maximum absolute atomic E-state index is 13.3. The minimum atomic E-state index is -0.547. The van der Waals surface area contributed by atoms with E-state index in [2.05, 4.69) is 15.5 Å². The molecule has 3 N–H and O–H groups in total. The number of hydrogen-bond donors (Lipinski definition) is 2. The molecule has 32 heavy (non-hydrogen) atoms. The van der Waals surface area contributed by atoms with Crippen molar-refractivity contribution in [2.75, 3.05) is 5.32 Å². The van der Waals surface area contributed by atoms with E-state index in [9.17, 15) is 14.4 Å². The SMILES string of the molecule is NC(=O)c1ccc(NC(=O)Cn2nc(C3CC3)c3cnn(-c4ccccc4)c3c2=O)cc1. The lowest BCUT2D eigenvalue weighted by Crippen LogP contribution is -2.31. The number of hydrogen-bond acceptors (Lipinski definition) is 5. The number of amides is 2. The van der Waals surface area contributed by atoms with Gasteiger partial charge < -0.3 is 11.1 Å². The number of anilines is 1. The number of nitrogens with two attached hydrogens (primary N) is 1. The third-order valence-corrected chi connectivity index (χ3v) is 5.42. The predicted octanol–water partition coefficient (Wildman–Crippen LogP) is 2.20. The average molecular weight is 428 g/mol. The lowest BCUT2D eigenvalue weighted by molar-refractivity contribution is -0.117. The minimum absolute atomic E-state index is 0.244. The maximum Gasteiger partial charge on any atom is 0.293 e. The Hall–Kier alpha value is -4.27. The summed E-state index contributed by atoms with van der Waals surface area (Å²) in [4.78, 5) is 37.2. The molecule has 0 saturated heterocycles. The zero-order valence-corrected chi connectivity index (χ0v) is 17.1. The summed E-state index contributed by atoms with van der Waals surface area (Å²) in [5.74, 6) is -0.685. The molecule has 0 atom stereocenters. The monoisotopic (exact) mass is 428 g/mol. The summed E-state index contributed by atoms with van der Waals surface area (Å²) in [6.07, 6.45) is 3.67. The van der Waals surface area contributed by atoms with E-state index in [4.69, 9.17) is 5.73 Å². The predicted molar refractivity (Wildman–Crippen MR) is 119 cm³/mol. The molecule has 0 unspecified atom stereocenters. The molecule has 4 aromatic rings. The van der Waals surface area contributed by atoms with Gasteiger partial charge in [0.05, 0.1) is 17.6 Å². The molecule has 1 aliphatic rings. The van der Waals surface area contributed by atoms with Crippen molar-refractivity contribution in [1.82, 2.24) is 19.6 Å². The molecule has 1 fully saturated rings. The van der Waals surface area contributed by atoms with Crippen LogP contribution in [-0.4, -0.2) is 31.4 Å². The van der Waals surface area contributed by atoms with Crippen LogP contribution in [0.3, 0.4) is 0 Å². The molecule has 0 bridgehead atoms. The highest BCUT2D eigenvalue weighted by Gasteiger charge is 2.30. The second-order valence-corrected chi connectivity index (χ2v) is 7.77. The highest BCUT2D eigenvalue weighted by molar-refractivity contribution is 5.94. The first-order chi connectivity index (χ1) is 15.5. The summed E-state index contributed by atoms with van der Waals surface area (Å²) in [7, 11) is 0. The molecule has 0 radical (unpaired) electrons. The lowest BCUT2D eigenvalue weighted by atomic mass is 10.2. The van der Waals surface area contributed by atoms with Crippen LogP contribution in [-0.2, 0) is 11.3 Å². The third kappa shape index (κ3) is 3.64. The van der Waals surface area contributed by atoms with Gasteiger partial charge in [-0.05, 0) is 49.2 Å². The standard InChI is InChI=1S/C23H20N6O3/c24-22(31)15-8-10-16(11-9-15)26-19(30)13-28-23(32)21-18(20(27-28)14-6-7-14)12-25-29(21)17-4-2-1-3-5-17/h1-5,8-12,14H,6-7,13H2,(H2,24,31)(H,26,30). The molecular formula is C23H20N6O3. The smallest absolute Gasteiger partial charge is 0.293 e. The maximum atomic E-state index is 13.3. The Morgan fingerprint density at radius 2 is 1.78 bits per heavy atom. The minimum Gasteiger partial charge on any atom is -0.366 e. The highest BCUT2D eigenvalue weighted by atomic mass is 16.2. The van der Waals surface area contributed by atoms with Crippen LogP contribution < -0.4 is 16.6 Å². The highest BCUT2D eigenvalue weighted by Crippen LogP contribution is 2.41. The van der Waals surface area contributed by atoms with Crippen molar-refractivity contribution in [3.05, 3.63) is 82.4 Å². The molecule has 9 heteroatoms. The Balaban J connectivity index is 1.49. The van der Waals surface area contributed by atoms with Gasteiger partial charge in [0.1, 0.15) is 12.1 Å². The van der Waals surface area contributed by atoms with Gasteiger partial charge in [-0.1, -0.05) is 18.2 Å². The molecule has 0 aliphatic heterocycles. The number of para-hydroxylation sites is 1. The number of primary amides is 1. The fourth-order valence-corrected chi connectivity index (χ4v) is 3.68. The first-order valence-electron chi connectivity index (χ1n) is 10.2. The Labute approximate surface area is 182 Å². The number of nitrogens with zero attached hydrogens (tertiary/aromatic N) is 4. The van der Waals surface area contributed by atoms with E-state index < -0.39 is 11.8 Å². The second-order valence-electron chi connectivity index (χ2n) is 7.77. The van der Waals surface area contributed by atoms with Crippen molar-refractivity contribution in [1.29, 1.82) is 0 Å². The largest absolute Gasteiger partial charge is 0.366 e. The zero-order chi connectivity index (χ0) is 22.2. The molecule has 1 saturated carbocycles. The molecule has 9 nitrogen and oxygen atoms in total.